The van der Waals surface area contributed by atoms with Gasteiger partial charge in [-0.25, -0.2) is 9.37 Å². The van der Waals surface area contributed by atoms with Crippen molar-refractivity contribution in [3.8, 4) is 16.3 Å². The molecule has 0 aliphatic rings. The minimum Gasteiger partial charge on any atom is -0.508 e. The van der Waals surface area contributed by atoms with E-state index in [9.17, 15) is 9.50 Å². The number of hydrogen-bond donors (Lipinski definition) is 2. The molecular weight excluding hydrogens is 287 g/mol. The van der Waals surface area contributed by atoms with Crippen LogP contribution in [0.1, 0.15) is 31.3 Å². The van der Waals surface area contributed by atoms with Gasteiger partial charge in [0.15, 0.2) is 0 Å². The molecule has 2 aromatic rings. The van der Waals surface area contributed by atoms with Crippen LogP contribution in [-0.4, -0.2) is 16.6 Å². The largest absolute Gasteiger partial charge is 0.508 e. The predicted molar refractivity (Wildman–Crippen MR) is 85.1 cm³/mol. The van der Waals surface area contributed by atoms with Gasteiger partial charge in [-0.3, -0.25) is 0 Å². The number of thiazole rings is 1. The summed E-state index contributed by atoms with van der Waals surface area (Å²) in [5, 5.41) is 13.3. The number of aromatic hydroxyl groups is 1. The zero-order valence-corrected chi connectivity index (χ0v) is 13.4. The number of rotatable bonds is 6. The molecule has 2 N–H and O–H groups in total. The van der Waals surface area contributed by atoms with E-state index in [0.717, 1.165) is 36.1 Å². The average molecular weight is 308 g/mol. The van der Waals surface area contributed by atoms with E-state index < -0.39 is 5.82 Å². The van der Waals surface area contributed by atoms with E-state index in [0.29, 0.717) is 16.5 Å². The number of benzene rings is 1. The van der Waals surface area contributed by atoms with Crippen LogP contribution in [0.2, 0.25) is 0 Å². The molecule has 0 radical (unpaired) electrons. The summed E-state index contributed by atoms with van der Waals surface area (Å²) in [6, 6.07) is 4.20. The van der Waals surface area contributed by atoms with Gasteiger partial charge in [-0.2, -0.15) is 0 Å². The molecule has 0 saturated carbocycles. The summed E-state index contributed by atoms with van der Waals surface area (Å²) >= 11 is 1.52. The molecule has 0 fully saturated rings. The van der Waals surface area contributed by atoms with Gasteiger partial charge in [0.05, 0.1) is 5.69 Å². The van der Waals surface area contributed by atoms with E-state index in [1.165, 1.54) is 17.4 Å². The zero-order chi connectivity index (χ0) is 15.4. The fourth-order valence-corrected chi connectivity index (χ4v) is 3.18. The molecule has 0 spiro atoms. The first-order valence-corrected chi connectivity index (χ1v) is 8.01. The van der Waals surface area contributed by atoms with Gasteiger partial charge in [0.25, 0.3) is 0 Å². The Labute approximate surface area is 128 Å². The summed E-state index contributed by atoms with van der Waals surface area (Å²) in [4.78, 5) is 5.78. The van der Waals surface area contributed by atoms with Crippen LogP contribution < -0.4 is 5.32 Å². The Morgan fingerprint density at radius 3 is 2.76 bits per heavy atom. The van der Waals surface area contributed by atoms with Gasteiger partial charge in [-0.15, -0.1) is 11.3 Å². The van der Waals surface area contributed by atoms with Crippen LogP contribution in [0.5, 0.6) is 5.75 Å². The molecule has 0 bridgehead atoms. The monoisotopic (exact) mass is 308 g/mol. The average Bonchev–Trinajstić information content (AvgIpc) is 2.78. The molecule has 3 nitrogen and oxygen atoms in total. The standard InChI is InChI=1S/C16H21FN2OS/c1-4-18-9-15-14(7-10(2)3)19-16(21-15)12-6-5-11(20)8-13(12)17/h5-6,8,10,18,20H,4,7,9H2,1-3H3. The molecule has 114 valence electrons. The van der Waals surface area contributed by atoms with E-state index >= 15 is 0 Å². The highest BCUT2D eigenvalue weighted by molar-refractivity contribution is 7.15. The lowest BCUT2D eigenvalue weighted by molar-refractivity contribution is 0.469. The summed E-state index contributed by atoms with van der Waals surface area (Å²) in [5.74, 6) is 0.00271. The van der Waals surface area contributed by atoms with E-state index in [1.54, 1.807) is 6.07 Å². The van der Waals surface area contributed by atoms with Crippen LogP contribution in [0.25, 0.3) is 10.6 Å². The molecule has 0 saturated heterocycles. The summed E-state index contributed by atoms with van der Waals surface area (Å²) in [6.45, 7) is 8.01. The molecule has 2 rings (SSSR count). The van der Waals surface area contributed by atoms with Gasteiger partial charge >= 0.3 is 0 Å². The van der Waals surface area contributed by atoms with Crippen molar-refractivity contribution in [1.82, 2.24) is 10.3 Å². The Morgan fingerprint density at radius 2 is 2.14 bits per heavy atom. The van der Waals surface area contributed by atoms with Crippen molar-refractivity contribution >= 4 is 11.3 Å². The Kier molecular flexibility index (Phi) is 5.31. The first kappa shape index (κ1) is 15.9. The third-order valence-electron chi connectivity index (χ3n) is 3.10. The highest BCUT2D eigenvalue weighted by atomic mass is 32.1. The summed E-state index contributed by atoms with van der Waals surface area (Å²) in [5.41, 5.74) is 1.49. The zero-order valence-electron chi connectivity index (χ0n) is 12.6. The lowest BCUT2D eigenvalue weighted by atomic mass is 10.1. The second-order valence-corrected chi connectivity index (χ2v) is 6.51. The minimum absolute atomic E-state index is 0.0666. The molecule has 0 amide bonds. The number of phenolic OH excluding ortho intramolecular Hbond substituents is 1. The number of nitrogens with zero attached hydrogens (tertiary/aromatic N) is 1. The summed E-state index contributed by atoms with van der Waals surface area (Å²) in [7, 11) is 0. The molecule has 0 aliphatic carbocycles. The van der Waals surface area contributed by atoms with Crippen LogP contribution in [0, 0.1) is 11.7 Å². The maximum absolute atomic E-state index is 14.0. The molecular formula is C16H21FN2OS. The highest BCUT2D eigenvalue weighted by Crippen LogP contribution is 2.32. The van der Waals surface area contributed by atoms with Crippen LogP contribution in [0.3, 0.4) is 0 Å². The van der Waals surface area contributed by atoms with Crippen molar-refractivity contribution in [2.45, 2.75) is 33.7 Å². The third kappa shape index (κ3) is 4.02. The number of phenols is 1. The predicted octanol–water partition coefficient (Wildman–Crippen LogP) is 3.96. The van der Waals surface area contributed by atoms with Crippen molar-refractivity contribution in [3.05, 3.63) is 34.6 Å². The van der Waals surface area contributed by atoms with Crippen molar-refractivity contribution in [2.24, 2.45) is 5.92 Å². The first-order valence-electron chi connectivity index (χ1n) is 7.19. The van der Waals surface area contributed by atoms with E-state index in [-0.39, 0.29) is 5.75 Å². The van der Waals surface area contributed by atoms with E-state index in [4.69, 9.17) is 0 Å². The van der Waals surface area contributed by atoms with Gasteiger partial charge in [0.2, 0.25) is 0 Å². The van der Waals surface area contributed by atoms with Crippen molar-refractivity contribution in [1.29, 1.82) is 0 Å². The van der Waals surface area contributed by atoms with Crippen LogP contribution >= 0.6 is 11.3 Å². The van der Waals surface area contributed by atoms with Gasteiger partial charge < -0.3 is 10.4 Å². The van der Waals surface area contributed by atoms with Gasteiger partial charge in [0.1, 0.15) is 16.6 Å². The van der Waals surface area contributed by atoms with E-state index in [2.05, 4.69) is 31.1 Å². The quantitative estimate of drug-likeness (QED) is 0.849. The fourth-order valence-electron chi connectivity index (χ4n) is 2.10. The van der Waals surface area contributed by atoms with Crippen LogP contribution in [0.15, 0.2) is 18.2 Å². The lowest BCUT2D eigenvalue weighted by Crippen LogP contribution is -2.12. The lowest BCUT2D eigenvalue weighted by Gasteiger charge is -2.04. The van der Waals surface area contributed by atoms with Crippen LogP contribution in [0.4, 0.5) is 4.39 Å². The second-order valence-electron chi connectivity index (χ2n) is 5.43. The molecule has 1 aromatic heterocycles. The number of aromatic nitrogens is 1. The van der Waals surface area contributed by atoms with Gasteiger partial charge in [-0.05, 0) is 31.0 Å². The second kappa shape index (κ2) is 7.00. The Hall–Kier alpha value is -1.46. The summed E-state index contributed by atoms with van der Waals surface area (Å²) < 4.78 is 14.0. The topological polar surface area (TPSA) is 45.1 Å². The molecule has 1 aromatic carbocycles. The maximum atomic E-state index is 14.0. The van der Waals surface area contributed by atoms with Gasteiger partial charge in [-0.1, -0.05) is 20.8 Å². The third-order valence-corrected chi connectivity index (χ3v) is 4.23. The molecule has 0 aliphatic heterocycles. The first-order chi connectivity index (χ1) is 10.0. The van der Waals surface area contributed by atoms with Gasteiger partial charge in [0, 0.05) is 23.1 Å². The Balaban J connectivity index is 2.37. The Bertz CT molecular complexity index is 610. The number of halogens is 1. The molecule has 0 unspecified atom stereocenters. The molecule has 21 heavy (non-hydrogen) atoms. The smallest absolute Gasteiger partial charge is 0.137 e. The minimum atomic E-state index is -0.435. The van der Waals surface area contributed by atoms with Crippen molar-refractivity contribution in [2.75, 3.05) is 6.54 Å². The Morgan fingerprint density at radius 1 is 1.38 bits per heavy atom. The molecule has 1 heterocycles. The van der Waals surface area contributed by atoms with Crippen molar-refractivity contribution < 1.29 is 9.50 Å². The molecule has 5 heteroatoms. The van der Waals surface area contributed by atoms with Crippen LogP contribution in [-0.2, 0) is 13.0 Å². The maximum Gasteiger partial charge on any atom is 0.137 e. The number of nitrogens with one attached hydrogen (secondary N) is 1. The highest BCUT2D eigenvalue weighted by Gasteiger charge is 2.16. The van der Waals surface area contributed by atoms with Crippen molar-refractivity contribution in [3.63, 3.8) is 0 Å². The van der Waals surface area contributed by atoms with E-state index in [1.807, 2.05) is 0 Å². The SMILES string of the molecule is CCNCc1sc(-c2ccc(O)cc2F)nc1CC(C)C. The molecule has 0 atom stereocenters. The summed E-state index contributed by atoms with van der Waals surface area (Å²) in [6.07, 6.45) is 0.886. The number of hydrogen-bond acceptors (Lipinski definition) is 4. The normalized spacial score (nSPS) is 11.3. The fraction of sp³-hybridized carbons (Fsp3) is 0.438.